The predicted octanol–water partition coefficient (Wildman–Crippen LogP) is -7.96. The maximum atomic E-state index is 10.6. The predicted molar refractivity (Wildman–Crippen MR) is 106 cm³/mol. The summed E-state index contributed by atoms with van der Waals surface area (Å²) in [4.78, 5) is 44.4. The second-order valence-electron chi connectivity index (χ2n) is 4.00. The quantitative estimate of drug-likeness (QED) is 0.211. The Labute approximate surface area is 249 Å². The fourth-order valence-electron chi connectivity index (χ4n) is 1.48. The molecule has 0 saturated heterocycles. The molecule has 12 N–H and O–H groups in total. The van der Waals surface area contributed by atoms with Crippen LogP contribution in [0.1, 0.15) is 0 Å². The Kier molecular flexibility index (Phi) is 67.8. The fraction of sp³-hybridized carbons (Fsp3) is 0.600. The molecule has 0 radical (unpaired) electrons. The molecular weight excluding hydrogens is 432 g/mol. The van der Waals surface area contributed by atoms with E-state index in [1.165, 1.54) is 0 Å². The van der Waals surface area contributed by atoms with E-state index in [-0.39, 0.29) is 153 Å². The van der Waals surface area contributed by atoms with Crippen LogP contribution < -0.4 is 0 Å². The molecule has 0 amide bonds. The zero-order valence-electron chi connectivity index (χ0n) is 12.6. The van der Waals surface area contributed by atoms with Gasteiger partial charge in [-0.2, -0.15) is 0 Å². The fourth-order valence-corrected chi connectivity index (χ4v) is 1.48. The number of nitrogens with zero attached hydrogens (tertiary/aromatic N) is 2. The second-order valence-corrected chi connectivity index (χ2v) is 4.00. The summed E-state index contributed by atoms with van der Waals surface area (Å²) in [7, 11) is 0. The van der Waals surface area contributed by atoms with Gasteiger partial charge in [0.1, 0.15) is 0 Å². The molecule has 0 saturated carbocycles. The molecule has 0 spiro atoms. The van der Waals surface area contributed by atoms with Gasteiger partial charge in [-0.1, -0.05) is 0 Å². The minimum absolute atomic E-state index is 0. The first-order valence-electron chi connectivity index (χ1n) is 5.52. The molecule has 0 bridgehead atoms. The van der Waals surface area contributed by atoms with Gasteiger partial charge in [0.05, 0.1) is 26.2 Å². The van der Waals surface area contributed by atoms with E-state index in [4.69, 9.17) is 20.4 Å². The summed E-state index contributed by atoms with van der Waals surface area (Å²) in [5, 5.41) is 34.5. The summed E-state index contributed by atoms with van der Waals surface area (Å²) in [5.74, 6) is -4.91. The van der Waals surface area contributed by atoms with Crippen LogP contribution >= 0.6 is 0 Å². The number of hydrogen-bond acceptors (Lipinski definition) is 6. The van der Waals surface area contributed by atoms with E-state index in [1.54, 1.807) is 0 Å². The van der Waals surface area contributed by atoms with Crippen LogP contribution in [0.4, 0.5) is 0 Å². The number of hydrogen-bond donors (Lipinski definition) is 4. The molecular formula is C10H28N2Na4O12. The molecule has 0 aromatic heterocycles. The molecule has 0 unspecified atom stereocenters. The van der Waals surface area contributed by atoms with E-state index in [0.29, 0.717) is 0 Å². The average molecular weight is 460 g/mol. The van der Waals surface area contributed by atoms with E-state index in [0.717, 1.165) is 9.80 Å². The van der Waals surface area contributed by atoms with E-state index >= 15 is 0 Å². The van der Waals surface area contributed by atoms with Crippen molar-refractivity contribution in [2.24, 2.45) is 0 Å². The van der Waals surface area contributed by atoms with Gasteiger partial charge >= 0.3 is 142 Å². The number of rotatable bonds is 11. The Morgan fingerprint density at radius 2 is 0.607 bits per heavy atom. The van der Waals surface area contributed by atoms with Crippen LogP contribution in [0.3, 0.4) is 0 Å². The Balaban J connectivity index is -0.0000000645. The third-order valence-corrected chi connectivity index (χ3v) is 2.17. The zero-order valence-corrected chi connectivity index (χ0v) is 12.6. The monoisotopic (exact) mass is 460 g/mol. The molecule has 0 atom stereocenters. The van der Waals surface area contributed by atoms with E-state index in [1.807, 2.05) is 0 Å². The Morgan fingerprint density at radius 3 is 0.714 bits per heavy atom. The van der Waals surface area contributed by atoms with Crippen molar-refractivity contribution in [3.63, 3.8) is 0 Å². The van der Waals surface area contributed by atoms with Crippen LogP contribution in [0.15, 0.2) is 0 Å². The third kappa shape index (κ3) is 38.3. The number of carboxylic acids is 4. The van der Waals surface area contributed by atoms with Crippen molar-refractivity contribution >= 4 is 142 Å². The van der Waals surface area contributed by atoms with Crippen molar-refractivity contribution in [3.05, 3.63) is 0 Å². The first kappa shape index (κ1) is 57.1. The molecule has 0 aliphatic heterocycles. The molecule has 154 valence electrons. The molecule has 0 aromatic carbocycles. The summed E-state index contributed by atoms with van der Waals surface area (Å²) in [6.07, 6.45) is 0. The van der Waals surface area contributed by atoms with Gasteiger partial charge in [0.25, 0.3) is 0 Å². The van der Waals surface area contributed by atoms with Crippen LogP contribution in [-0.2, 0) is 19.2 Å². The Morgan fingerprint density at radius 1 is 0.464 bits per heavy atom. The van der Waals surface area contributed by atoms with Gasteiger partial charge in [-0.25, -0.2) is 0 Å². The standard InChI is InChI=1S/C10H16N2O8.4Na.4H2O.4H/c13-7(14)3-11(4-8(15)16)1-2-12(5-9(17)18)6-10(19)20;;;;;;;;;;;;/h1-6H2,(H,13,14)(H,15,16)(H,17,18)(H,19,20);;;;;4*1H2;;;;. The Hall–Kier alpha value is 1.64. The zero-order chi connectivity index (χ0) is 15.7. The topological polar surface area (TPSA) is 282 Å². The summed E-state index contributed by atoms with van der Waals surface area (Å²) in [6, 6.07) is 0. The van der Waals surface area contributed by atoms with Gasteiger partial charge < -0.3 is 42.3 Å². The van der Waals surface area contributed by atoms with Crippen LogP contribution in [-0.4, -0.2) is 234 Å². The van der Waals surface area contributed by atoms with Gasteiger partial charge in [-0.3, -0.25) is 29.0 Å². The summed E-state index contributed by atoms with van der Waals surface area (Å²) < 4.78 is 0. The SMILES string of the molecule is O.O.O.O.O=C(O)CN(CCN(CC(=O)O)CC(=O)O)CC(=O)O.[NaH].[NaH].[NaH].[NaH]. The first-order chi connectivity index (χ1) is 9.20. The second kappa shape index (κ2) is 33.3. The first-order valence-corrected chi connectivity index (χ1v) is 5.52. The molecule has 0 aliphatic rings. The summed E-state index contributed by atoms with van der Waals surface area (Å²) in [6.45, 7) is -2.25. The van der Waals surface area contributed by atoms with Gasteiger partial charge in [0, 0.05) is 13.1 Å². The molecule has 0 aromatic rings. The van der Waals surface area contributed by atoms with Gasteiger partial charge in [-0.15, -0.1) is 0 Å². The van der Waals surface area contributed by atoms with Crippen molar-refractivity contribution in [3.8, 4) is 0 Å². The van der Waals surface area contributed by atoms with Crippen LogP contribution in [0.5, 0.6) is 0 Å². The van der Waals surface area contributed by atoms with Crippen LogP contribution in [0.25, 0.3) is 0 Å². The van der Waals surface area contributed by atoms with Crippen molar-refractivity contribution in [1.82, 2.24) is 9.80 Å². The average Bonchev–Trinajstić information content (AvgIpc) is 2.22. The molecule has 0 aliphatic carbocycles. The number of carboxylic acid groups (broad SMARTS) is 4. The molecule has 0 heterocycles. The van der Waals surface area contributed by atoms with E-state index < -0.39 is 50.1 Å². The normalized spacial score (nSPS) is 7.64. The van der Waals surface area contributed by atoms with Crippen LogP contribution in [0.2, 0.25) is 0 Å². The molecule has 14 nitrogen and oxygen atoms in total. The van der Waals surface area contributed by atoms with Crippen molar-refractivity contribution in [2.75, 3.05) is 39.3 Å². The third-order valence-electron chi connectivity index (χ3n) is 2.17. The Bertz CT molecular complexity index is 337. The molecule has 0 rings (SSSR count). The molecule has 0 fully saturated rings. The number of carbonyl (C=O) groups is 4. The minimum atomic E-state index is -1.23. The van der Waals surface area contributed by atoms with Gasteiger partial charge in [0.2, 0.25) is 0 Å². The summed E-state index contributed by atoms with van der Waals surface area (Å²) >= 11 is 0. The molecule has 18 heteroatoms. The van der Waals surface area contributed by atoms with E-state index in [2.05, 4.69) is 0 Å². The van der Waals surface area contributed by atoms with Gasteiger partial charge in [-0.05, 0) is 0 Å². The van der Waals surface area contributed by atoms with Crippen molar-refractivity contribution in [1.29, 1.82) is 0 Å². The maximum absolute atomic E-state index is 10.6. The van der Waals surface area contributed by atoms with Crippen molar-refractivity contribution in [2.45, 2.75) is 0 Å². The van der Waals surface area contributed by atoms with Crippen molar-refractivity contribution < 1.29 is 61.5 Å². The molecule has 28 heavy (non-hydrogen) atoms. The van der Waals surface area contributed by atoms with Gasteiger partial charge in [0.15, 0.2) is 0 Å². The van der Waals surface area contributed by atoms with E-state index in [9.17, 15) is 19.2 Å². The number of aliphatic carboxylic acids is 4. The van der Waals surface area contributed by atoms with Crippen LogP contribution in [0, 0.1) is 0 Å². The summed E-state index contributed by atoms with van der Waals surface area (Å²) in [5.41, 5.74) is 0.